The summed E-state index contributed by atoms with van der Waals surface area (Å²) in [5, 5.41) is 62.3. The Bertz CT molecular complexity index is 635. The van der Waals surface area contributed by atoms with Crippen molar-refractivity contribution < 1.29 is 49.6 Å². The van der Waals surface area contributed by atoms with E-state index < -0.39 is 98.8 Å². The zero-order chi connectivity index (χ0) is 23.7. The molecular weight excluding hydrogens is 436 g/mol. The molecule has 0 aromatic rings. The lowest BCUT2D eigenvalue weighted by molar-refractivity contribution is -0.300. The van der Waals surface area contributed by atoms with Crippen molar-refractivity contribution in [2.24, 2.45) is 22.4 Å². The average molecular weight is 468 g/mol. The van der Waals surface area contributed by atoms with Crippen molar-refractivity contribution in [3.63, 3.8) is 0 Å². The lowest BCUT2D eigenvalue weighted by atomic mass is 9.84. The van der Waals surface area contributed by atoms with E-state index in [1.165, 1.54) is 0 Å². The van der Waals surface area contributed by atoms with Crippen LogP contribution in [0.1, 0.15) is 6.42 Å². The molecular formula is C17H32N4O11. The van der Waals surface area contributed by atoms with Gasteiger partial charge in [-0.2, -0.15) is 4.91 Å². The summed E-state index contributed by atoms with van der Waals surface area (Å²) in [7, 11) is 0. The van der Waals surface area contributed by atoms with Crippen LogP contribution in [0.25, 0.3) is 0 Å². The van der Waals surface area contributed by atoms with Crippen LogP contribution in [0.4, 0.5) is 0 Å². The molecule has 12 N–H and O–H groups in total. The number of rotatable bonds is 7. The monoisotopic (exact) mass is 468 g/mol. The van der Waals surface area contributed by atoms with Crippen molar-refractivity contribution in [3.8, 4) is 0 Å². The van der Waals surface area contributed by atoms with Crippen LogP contribution in [-0.2, 0) is 18.9 Å². The Labute approximate surface area is 182 Å². The van der Waals surface area contributed by atoms with Gasteiger partial charge in [0.05, 0.1) is 25.4 Å². The molecule has 15 nitrogen and oxygen atoms in total. The number of hydrogen-bond donors (Lipinski definition) is 9. The molecule has 1 aliphatic carbocycles. The van der Waals surface area contributed by atoms with Gasteiger partial charge in [0, 0.05) is 12.1 Å². The third-order valence-corrected chi connectivity index (χ3v) is 6.20. The molecule has 2 saturated heterocycles. The molecule has 1 saturated carbocycles. The third-order valence-electron chi connectivity index (χ3n) is 6.20. The fraction of sp³-hybridized carbons (Fsp3) is 1.00. The second kappa shape index (κ2) is 10.6. The summed E-state index contributed by atoms with van der Waals surface area (Å²) in [6.45, 7) is -1.23. The SMILES string of the molecule is NC1[C@@H](O[C@@H]2C(N)C[C@@H](N)C(O)[C@H]2O[C@@H]2O[C@H](CO)C(O)[C@@H]2O)OC(CO)[C@@H](O)[C@@H]1N=O. The largest absolute Gasteiger partial charge is 0.394 e. The molecule has 14 atom stereocenters. The van der Waals surface area contributed by atoms with Gasteiger partial charge in [-0.3, -0.25) is 0 Å². The van der Waals surface area contributed by atoms with E-state index in [0.717, 1.165) is 0 Å². The van der Waals surface area contributed by atoms with Crippen LogP contribution in [0.2, 0.25) is 0 Å². The predicted octanol–water partition coefficient (Wildman–Crippen LogP) is -5.84. The van der Waals surface area contributed by atoms with E-state index in [-0.39, 0.29) is 6.42 Å². The van der Waals surface area contributed by atoms with Crippen molar-refractivity contribution in [1.29, 1.82) is 0 Å². The fourth-order valence-corrected chi connectivity index (χ4v) is 4.25. The fourth-order valence-electron chi connectivity index (χ4n) is 4.25. The Hall–Kier alpha value is -0.920. The number of nitrogens with two attached hydrogens (primary N) is 3. The van der Waals surface area contributed by atoms with Crippen LogP contribution in [-0.4, -0.2) is 129 Å². The molecule has 3 fully saturated rings. The molecule has 0 bridgehead atoms. The molecule has 0 amide bonds. The minimum absolute atomic E-state index is 0.102. The summed E-state index contributed by atoms with van der Waals surface area (Å²) in [6.07, 6.45) is -13.3. The van der Waals surface area contributed by atoms with E-state index in [1.54, 1.807) is 0 Å². The summed E-state index contributed by atoms with van der Waals surface area (Å²) < 4.78 is 22.3. The van der Waals surface area contributed by atoms with Gasteiger partial charge < -0.3 is 66.8 Å². The second-order valence-corrected chi connectivity index (χ2v) is 8.35. The normalized spacial score (nSPS) is 52.2. The van der Waals surface area contributed by atoms with Crippen molar-refractivity contribution in [2.45, 2.75) is 92.0 Å². The number of aliphatic hydroxyl groups is 6. The molecule has 2 heterocycles. The smallest absolute Gasteiger partial charge is 0.187 e. The minimum atomic E-state index is -1.54. The molecule has 0 aromatic carbocycles. The van der Waals surface area contributed by atoms with E-state index in [9.17, 15) is 35.5 Å². The van der Waals surface area contributed by atoms with Gasteiger partial charge in [-0.15, -0.1) is 0 Å². The van der Waals surface area contributed by atoms with Gasteiger partial charge in [0.2, 0.25) is 0 Å². The molecule has 32 heavy (non-hydrogen) atoms. The van der Waals surface area contributed by atoms with Crippen LogP contribution in [0, 0.1) is 4.91 Å². The first kappa shape index (κ1) is 25.7. The second-order valence-electron chi connectivity index (χ2n) is 8.35. The maximum atomic E-state index is 11.2. The molecule has 0 spiro atoms. The summed E-state index contributed by atoms with van der Waals surface area (Å²) in [5.41, 5.74) is 18.1. The van der Waals surface area contributed by atoms with Gasteiger partial charge in [0.25, 0.3) is 0 Å². The van der Waals surface area contributed by atoms with Crippen molar-refractivity contribution in [3.05, 3.63) is 4.91 Å². The Morgan fingerprint density at radius 3 is 1.91 bits per heavy atom. The summed E-state index contributed by atoms with van der Waals surface area (Å²) in [4.78, 5) is 11.2. The highest BCUT2D eigenvalue weighted by atomic mass is 16.7. The van der Waals surface area contributed by atoms with Gasteiger partial charge in [0.1, 0.15) is 48.8 Å². The Morgan fingerprint density at radius 2 is 1.34 bits per heavy atom. The van der Waals surface area contributed by atoms with E-state index >= 15 is 0 Å². The minimum Gasteiger partial charge on any atom is -0.394 e. The van der Waals surface area contributed by atoms with Crippen LogP contribution in [0.15, 0.2) is 5.18 Å². The first-order valence-corrected chi connectivity index (χ1v) is 10.3. The molecule has 186 valence electrons. The van der Waals surface area contributed by atoms with E-state index in [2.05, 4.69) is 5.18 Å². The molecule has 0 radical (unpaired) electrons. The van der Waals surface area contributed by atoms with Gasteiger partial charge in [0.15, 0.2) is 12.6 Å². The zero-order valence-corrected chi connectivity index (χ0v) is 17.1. The topological polar surface area (TPSA) is 266 Å². The average Bonchev–Trinajstić information content (AvgIpc) is 3.04. The van der Waals surface area contributed by atoms with Crippen molar-refractivity contribution in [1.82, 2.24) is 0 Å². The summed E-state index contributed by atoms with van der Waals surface area (Å²) >= 11 is 0. The number of hydrogen-bond acceptors (Lipinski definition) is 15. The summed E-state index contributed by atoms with van der Waals surface area (Å²) in [5.74, 6) is 0. The van der Waals surface area contributed by atoms with E-state index in [4.69, 9.17) is 36.1 Å². The Kier molecular flexibility index (Phi) is 8.48. The highest BCUT2D eigenvalue weighted by Crippen LogP contribution is 2.32. The van der Waals surface area contributed by atoms with E-state index in [0.29, 0.717) is 0 Å². The maximum absolute atomic E-state index is 11.2. The van der Waals surface area contributed by atoms with Gasteiger partial charge >= 0.3 is 0 Å². The molecule has 0 aromatic heterocycles. The van der Waals surface area contributed by atoms with Crippen LogP contribution in [0.3, 0.4) is 0 Å². The Balaban J connectivity index is 1.80. The molecule has 2 aliphatic heterocycles. The van der Waals surface area contributed by atoms with Crippen molar-refractivity contribution in [2.75, 3.05) is 13.2 Å². The van der Waals surface area contributed by atoms with Gasteiger partial charge in [-0.25, -0.2) is 0 Å². The molecule has 3 aliphatic rings. The standard InChI is InChI=1S/C17H32N4O11/c18-4-1-5(19)14(31-16-8(20)9(21-28)11(25)6(2-22)29-16)15(10(4)24)32-17-13(27)12(26)7(3-23)30-17/h4-17,22-27H,1-3,18-20H2/t4-,5?,6?,7-,8?,9-,10?,11-,12?,13+,14-,15-,16-,17+/m1/s1. The highest BCUT2D eigenvalue weighted by molar-refractivity contribution is 5.02. The van der Waals surface area contributed by atoms with Crippen LogP contribution in [0.5, 0.6) is 0 Å². The van der Waals surface area contributed by atoms with Crippen molar-refractivity contribution >= 4 is 0 Å². The maximum Gasteiger partial charge on any atom is 0.187 e. The first-order chi connectivity index (χ1) is 15.1. The Morgan fingerprint density at radius 1 is 0.781 bits per heavy atom. The number of ether oxygens (including phenoxy) is 4. The van der Waals surface area contributed by atoms with Crippen LogP contribution >= 0.6 is 0 Å². The lowest BCUT2D eigenvalue weighted by Crippen LogP contribution is -2.67. The number of nitrogens with zero attached hydrogens (tertiary/aromatic N) is 1. The molecule has 3 rings (SSSR count). The zero-order valence-electron chi connectivity index (χ0n) is 17.1. The van der Waals surface area contributed by atoms with Crippen LogP contribution < -0.4 is 17.2 Å². The molecule has 5 unspecified atom stereocenters. The number of nitroso groups, excluding NO2 is 1. The molecule has 15 heteroatoms. The summed E-state index contributed by atoms with van der Waals surface area (Å²) in [6, 6.07) is -4.24. The van der Waals surface area contributed by atoms with Gasteiger partial charge in [-0.1, -0.05) is 5.18 Å². The third kappa shape index (κ3) is 4.80. The predicted molar refractivity (Wildman–Crippen MR) is 103 cm³/mol. The number of aliphatic hydroxyl groups excluding tert-OH is 6. The quantitative estimate of drug-likeness (QED) is 0.158. The van der Waals surface area contributed by atoms with Gasteiger partial charge in [-0.05, 0) is 6.42 Å². The lowest BCUT2D eigenvalue weighted by Gasteiger charge is -2.47. The van der Waals surface area contributed by atoms with E-state index in [1.807, 2.05) is 0 Å². The first-order valence-electron chi connectivity index (χ1n) is 10.3. The highest BCUT2D eigenvalue weighted by Gasteiger charge is 2.52.